The maximum atomic E-state index is 14.9. The fourth-order valence-electron chi connectivity index (χ4n) is 4.16. The fourth-order valence-corrected chi connectivity index (χ4v) is 4.16. The Morgan fingerprint density at radius 3 is 3.03 bits per heavy atom. The van der Waals surface area contributed by atoms with Gasteiger partial charge < -0.3 is 9.64 Å². The van der Waals surface area contributed by atoms with Gasteiger partial charge in [0.2, 0.25) is 17.4 Å². The van der Waals surface area contributed by atoms with Crippen LogP contribution in [0.2, 0.25) is 0 Å². The van der Waals surface area contributed by atoms with Crippen LogP contribution in [0.1, 0.15) is 18.8 Å². The number of benzene rings is 1. The number of ether oxygens (including phenoxy) is 1. The second-order valence-electron chi connectivity index (χ2n) is 8.05. The summed E-state index contributed by atoms with van der Waals surface area (Å²) in [6.45, 7) is -4.92. The second-order valence-corrected chi connectivity index (χ2v) is 8.05. The Balaban J connectivity index is 1.54. The lowest BCUT2D eigenvalue weighted by atomic mass is 10.0. The van der Waals surface area contributed by atoms with Gasteiger partial charge in [0.05, 0.1) is 27.1 Å². The van der Waals surface area contributed by atoms with Crippen LogP contribution >= 0.6 is 0 Å². The van der Waals surface area contributed by atoms with E-state index in [-0.39, 0.29) is 37.2 Å². The minimum Gasteiger partial charge on any atom is -0.479 e. The Morgan fingerprint density at radius 1 is 1.43 bits per heavy atom. The van der Waals surface area contributed by atoms with Crippen molar-refractivity contribution < 1.29 is 28.2 Å². The molecule has 0 radical (unpaired) electrons. The highest BCUT2D eigenvalue weighted by Crippen LogP contribution is 2.32. The van der Waals surface area contributed by atoms with Crippen molar-refractivity contribution >= 4 is 22.5 Å². The zero-order valence-corrected chi connectivity index (χ0v) is 18.5. The highest BCUT2D eigenvalue weighted by atomic mass is 19.3. The highest BCUT2D eigenvalue weighted by molar-refractivity contribution is 5.89. The van der Waals surface area contributed by atoms with Crippen LogP contribution in [-0.4, -0.2) is 79.2 Å². The van der Waals surface area contributed by atoms with Crippen molar-refractivity contribution in [2.75, 3.05) is 26.9 Å². The van der Waals surface area contributed by atoms with E-state index in [9.17, 15) is 18.0 Å². The van der Waals surface area contributed by atoms with E-state index in [4.69, 9.17) is 10.2 Å². The van der Waals surface area contributed by atoms with Gasteiger partial charge in [0.15, 0.2) is 0 Å². The summed E-state index contributed by atoms with van der Waals surface area (Å²) in [5.41, 5.74) is 2.42. The standard InChI is InChI=1S/C22H23F3N8O2/c1-13(34)31-8-6-18(22(24,25)12-31)26-21-27-20(35-2)19-15(5-9-33(19)29-21)14-3-4-16-17(11-14)32(10-7-23)30-28-16/h3-5,9,11,18H,6-8,10,12H2,1-2H3,(H,26,29)/t18-/m1/s1/i1D3,9D. The second kappa shape index (κ2) is 8.71. The predicted molar refractivity (Wildman–Crippen MR) is 120 cm³/mol. The molecule has 1 amide bonds. The Bertz CT molecular complexity index is 1630. The predicted octanol–water partition coefficient (Wildman–Crippen LogP) is 2.21. The Morgan fingerprint density at radius 2 is 2.29 bits per heavy atom. The summed E-state index contributed by atoms with van der Waals surface area (Å²) in [6, 6.07) is 5.12. The number of nitrogens with one attached hydrogen (secondary N) is 1. The molecule has 0 spiro atoms. The van der Waals surface area contributed by atoms with E-state index in [1.807, 2.05) is 0 Å². The summed E-state index contributed by atoms with van der Waals surface area (Å²) < 4.78 is 81.0. The van der Waals surface area contributed by atoms with Crippen LogP contribution < -0.4 is 10.4 Å². The molecule has 4 aromatic rings. The number of aromatic nitrogens is 6. The van der Waals surface area contributed by atoms with E-state index in [2.05, 4.69) is 25.4 Å². The van der Waals surface area contributed by atoms with E-state index in [1.54, 1.807) is 18.2 Å². The average Bonchev–Trinajstić information content (AvgIpc) is 3.44. The first kappa shape index (κ1) is 18.4. The van der Waals surface area contributed by atoms with Crippen LogP contribution in [0.5, 0.6) is 5.88 Å². The van der Waals surface area contributed by atoms with E-state index in [1.165, 1.54) is 22.4 Å². The molecular formula is C22H23F3N8O2. The number of piperidine rings is 1. The molecule has 1 fully saturated rings. The third-order valence-corrected chi connectivity index (χ3v) is 5.88. The molecule has 35 heavy (non-hydrogen) atoms. The van der Waals surface area contributed by atoms with Gasteiger partial charge in [-0.3, -0.25) is 14.4 Å². The molecule has 184 valence electrons. The molecule has 1 saturated heterocycles. The van der Waals surface area contributed by atoms with Crippen molar-refractivity contribution in [2.45, 2.75) is 31.8 Å². The number of hydrogen-bond acceptors (Lipinski definition) is 6. The van der Waals surface area contributed by atoms with Gasteiger partial charge in [0.25, 0.3) is 5.92 Å². The minimum atomic E-state index is -3.52. The number of fused-ring (bicyclic) bond motifs is 2. The lowest BCUT2D eigenvalue weighted by Gasteiger charge is -2.35. The first-order chi connectivity index (χ1) is 18.4. The quantitative estimate of drug-likeness (QED) is 0.460. The Kier molecular flexibility index (Phi) is 4.59. The Hall–Kier alpha value is -3.90. The SMILES string of the molecule is [2H]c1cc(-c2ccc3nnn(CCF)c3c2)c2c(OC)nc(=N[C@@H]3CCN(C(=O)C([2H])([2H])[2H])CC3(F)F)[nH]n12. The van der Waals surface area contributed by atoms with Crippen molar-refractivity contribution in [1.82, 2.24) is 34.5 Å². The largest absolute Gasteiger partial charge is 0.479 e. The number of alkyl halides is 3. The molecule has 13 heteroatoms. The van der Waals surface area contributed by atoms with Crippen LogP contribution in [0.25, 0.3) is 27.7 Å². The number of aromatic amines is 1. The number of halogens is 3. The summed E-state index contributed by atoms with van der Waals surface area (Å²) in [7, 11) is 1.34. The van der Waals surface area contributed by atoms with Gasteiger partial charge in [-0.25, -0.2) is 22.8 Å². The molecule has 1 aromatic carbocycles. The third kappa shape index (κ3) is 4.10. The van der Waals surface area contributed by atoms with Gasteiger partial charge in [-0.1, -0.05) is 11.3 Å². The van der Waals surface area contributed by atoms with Gasteiger partial charge in [-0.15, -0.1) is 5.10 Å². The molecule has 4 heterocycles. The molecule has 1 aliphatic heterocycles. The molecule has 1 atom stereocenters. The molecule has 5 rings (SSSR count). The van der Waals surface area contributed by atoms with E-state index >= 15 is 0 Å². The van der Waals surface area contributed by atoms with Gasteiger partial charge in [0, 0.05) is 29.2 Å². The first-order valence-corrected chi connectivity index (χ1v) is 10.7. The molecule has 10 nitrogen and oxygen atoms in total. The summed E-state index contributed by atoms with van der Waals surface area (Å²) in [6.07, 6.45) is -0.340. The average molecular weight is 492 g/mol. The van der Waals surface area contributed by atoms with Crippen LogP contribution in [0.15, 0.2) is 35.4 Å². The summed E-state index contributed by atoms with van der Waals surface area (Å²) >= 11 is 0. The number of hydrogen-bond donors (Lipinski definition) is 1. The first-order valence-electron chi connectivity index (χ1n) is 12.7. The van der Waals surface area contributed by atoms with E-state index in [0.29, 0.717) is 32.6 Å². The molecular weight excluding hydrogens is 465 g/mol. The maximum absolute atomic E-state index is 14.9. The molecule has 0 bridgehead atoms. The monoisotopic (exact) mass is 492 g/mol. The lowest BCUT2D eigenvalue weighted by molar-refractivity contribution is -0.141. The molecule has 1 aliphatic rings. The summed E-state index contributed by atoms with van der Waals surface area (Å²) in [5, 5.41) is 10.7. The van der Waals surface area contributed by atoms with Crippen molar-refractivity contribution in [2.24, 2.45) is 4.99 Å². The number of carbonyl (C=O) groups is 1. The van der Waals surface area contributed by atoms with Crippen molar-refractivity contribution in [3.8, 4) is 17.0 Å². The number of aryl methyl sites for hydroxylation is 1. The number of H-pyrrole nitrogens is 1. The number of amides is 1. The fraction of sp³-hybridized carbons (Fsp3) is 0.409. The van der Waals surface area contributed by atoms with Gasteiger partial charge in [-0.2, -0.15) is 4.98 Å². The van der Waals surface area contributed by atoms with Gasteiger partial charge in [0.1, 0.15) is 23.7 Å². The van der Waals surface area contributed by atoms with Gasteiger partial charge in [-0.05, 0) is 30.2 Å². The van der Waals surface area contributed by atoms with Crippen molar-refractivity contribution in [3.05, 3.63) is 36.1 Å². The molecule has 0 aliphatic carbocycles. The van der Waals surface area contributed by atoms with Crippen LogP contribution in [0.4, 0.5) is 13.2 Å². The molecule has 0 unspecified atom stereocenters. The third-order valence-electron chi connectivity index (χ3n) is 5.88. The van der Waals surface area contributed by atoms with Crippen LogP contribution in [-0.2, 0) is 11.3 Å². The number of methoxy groups -OCH3 is 1. The smallest absolute Gasteiger partial charge is 0.287 e. The molecule has 0 saturated carbocycles. The normalized spacial score (nSPS) is 20.5. The van der Waals surface area contributed by atoms with Crippen molar-refractivity contribution in [1.29, 1.82) is 0 Å². The van der Waals surface area contributed by atoms with Crippen molar-refractivity contribution in [3.63, 3.8) is 0 Å². The lowest BCUT2D eigenvalue weighted by Crippen LogP contribution is -2.52. The Labute approximate surface area is 202 Å². The van der Waals surface area contributed by atoms with E-state index in [0.717, 1.165) is 0 Å². The van der Waals surface area contributed by atoms with Crippen LogP contribution in [0, 0.1) is 0 Å². The van der Waals surface area contributed by atoms with Crippen LogP contribution in [0.3, 0.4) is 0 Å². The number of carbonyl (C=O) groups excluding carboxylic acids is 1. The minimum absolute atomic E-state index is 0.00909. The number of nitrogens with zero attached hydrogens (tertiary/aromatic N) is 7. The van der Waals surface area contributed by atoms with E-state index < -0.39 is 37.9 Å². The number of likely N-dealkylation sites (tertiary alicyclic amines) is 1. The number of rotatable bonds is 5. The molecule has 1 N–H and O–H groups in total. The highest BCUT2D eigenvalue weighted by Gasteiger charge is 2.45. The zero-order chi connectivity index (χ0) is 28.1. The summed E-state index contributed by atoms with van der Waals surface area (Å²) in [5.74, 6) is -4.85. The summed E-state index contributed by atoms with van der Waals surface area (Å²) in [4.78, 5) is 20.9. The molecule has 3 aromatic heterocycles. The topological polar surface area (TPSA) is 106 Å². The maximum Gasteiger partial charge on any atom is 0.287 e. The van der Waals surface area contributed by atoms with Gasteiger partial charge >= 0.3 is 0 Å². The zero-order valence-electron chi connectivity index (χ0n) is 22.5.